The lowest BCUT2D eigenvalue weighted by Gasteiger charge is -2.05. The fraction of sp³-hybridized carbons (Fsp3) is 0.130. The van der Waals surface area contributed by atoms with E-state index in [9.17, 15) is 4.79 Å². The molecule has 0 saturated carbocycles. The van der Waals surface area contributed by atoms with E-state index >= 15 is 0 Å². The van der Waals surface area contributed by atoms with Crippen LogP contribution in [0.15, 0.2) is 74.4 Å². The van der Waals surface area contributed by atoms with Crippen LogP contribution in [-0.2, 0) is 10.5 Å². The van der Waals surface area contributed by atoms with Crippen LogP contribution >= 0.6 is 58.1 Å². The second-order valence-electron chi connectivity index (χ2n) is 6.91. The molecule has 1 aromatic heterocycles. The highest BCUT2D eigenvalue weighted by atomic mass is 35.5. The number of carbonyl (C=O) groups excluding carboxylic acids is 1. The highest BCUT2D eigenvalue weighted by Gasteiger charge is 2.10. The smallest absolute Gasteiger partial charge is 0.250 e. The van der Waals surface area contributed by atoms with Crippen molar-refractivity contribution in [3.63, 3.8) is 0 Å². The van der Waals surface area contributed by atoms with E-state index in [1.54, 1.807) is 36.9 Å². The number of rotatable bonds is 8. The van der Waals surface area contributed by atoms with E-state index in [-0.39, 0.29) is 11.7 Å². The summed E-state index contributed by atoms with van der Waals surface area (Å²) < 4.78 is 1.61. The first kappa shape index (κ1) is 24.0. The molecule has 4 aromatic rings. The minimum absolute atomic E-state index is 0.188. The summed E-state index contributed by atoms with van der Waals surface area (Å²) in [5.74, 6) is 0.764. The van der Waals surface area contributed by atoms with Gasteiger partial charge in [-0.25, -0.2) is 5.43 Å². The molecule has 4 rings (SSSR count). The fourth-order valence-corrected chi connectivity index (χ4v) is 6.38. The molecule has 168 valence electrons. The van der Waals surface area contributed by atoms with Gasteiger partial charge in [-0.1, -0.05) is 107 Å². The zero-order chi connectivity index (χ0) is 23.2. The zero-order valence-corrected chi connectivity index (χ0v) is 21.4. The van der Waals surface area contributed by atoms with Crippen LogP contribution < -0.4 is 5.43 Å². The Hall–Kier alpha value is -2.10. The minimum atomic E-state index is -0.232. The van der Waals surface area contributed by atoms with E-state index in [4.69, 9.17) is 23.2 Å². The maximum Gasteiger partial charge on any atom is 0.250 e. The number of hydrazone groups is 1. The lowest BCUT2D eigenvalue weighted by molar-refractivity contribution is -0.118. The molecular formula is C23H18Cl2N4OS3. The molecule has 0 saturated heterocycles. The summed E-state index contributed by atoms with van der Waals surface area (Å²) in [4.78, 5) is 12.2. The molecular weight excluding hydrogens is 515 g/mol. The normalized spacial score (nSPS) is 11.7. The molecule has 5 nitrogen and oxygen atoms in total. The van der Waals surface area contributed by atoms with E-state index in [0.29, 0.717) is 21.3 Å². The van der Waals surface area contributed by atoms with E-state index < -0.39 is 0 Å². The number of fused-ring (bicyclic) bond motifs is 1. The van der Waals surface area contributed by atoms with Crippen molar-refractivity contribution < 1.29 is 4.79 Å². The number of halogens is 2. The lowest BCUT2D eigenvalue weighted by Crippen LogP contribution is -2.21. The predicted octanol–water partition coefficient (Wildman–Crippen LogP) is 6.92. The van der Waals surface area contributed by atoms with Gasteiger partial charge in [-0.2, -0.15) is 5.10 Å². The minimum Gasteiger partial charge on any atom is -0.272 e. The molecule has 0 aliphatic heterocycles. The Labute approximate surface area is 214 Å². The van der Waals surface area contributed by atoms with Crippen molar-refractivity contribution in [3.8, 4) is 0 Å². The third kappa shape index (κ3) is 6.49. The molecule has 0 fully saturated rings. The predicted molar refractivity (Wildman–Crippen MR) is 141 cm³/mol. The number of aromatic nitrogens is 2. The summed E-state index contributed by atoms with van der Waals surface area (Å²) in [6.45, 7) is 1.77. The Bertz CT molecular complexity index is 1320. The van der Waals surface area contributed by atoms with Crippen LogP contribution in [0.2, 0.25) is 10.0 Å². The number of hydrogen-bond acceptors (Lipinski definition) is 7. The van der Waals surface area contributed by atoms with Crippen LogP contribution in [0, 0.1) is 0 Å². The molecule has 1 heterocycles. The average molecular weight is 534 g/mol. The Morgan fingerprint density at radius 2 is 1.79 bits per heavy atom. The molecule has 0 radical (unpaired) electrons. The van der Waals surface area contributed by atoms with Gasteiger partial charge in [0.1, 0.15) is 0 Å². The molecule has 3 aromatic carbocycles. The quantitative estimate of drug-likeness (QED) is 0.151. The van der Waals surface area contributed by atoms with Crippen molar-refractivity contribution in [3.05, 3.63) is 81.8 Å². The van der Waals surface area contributed by atoms with Gasteiger partial charge in [-0.15, -0.1) is 10.2 Å². The van der Waals surface area contributed by atoms with Crippen molar-refractivity contribution in [2.75, 3.05) is 5.75 Å². The van der Waals surface area contributed by atoms with Gasteiger partial charge >= 0.3 is 0 Å². The monoisotopic (exact) mass is 532 g/mol. The summed E-state index contributed by atoms with van der Waals surface area (Å²) in [7, 11) is 0. The topological polar surface area (TPSA) is 67.2 Å². The molecule has 33 heavy (non-hydrogen) atoms. The highest BCUT2D eigenvalue weighted by molar-refractivity contribution is 8.03. The van der Waals surface area contributed by atoms with Crippen LogP contribution in [0.3, 0.4) is 0 Å². The second kappa shape index (κ2) is 11.4. The molecule has 1 N–H and O–H groups in total. The van der Waals surface area contributed by atoms with Crippen LogP contribution in [0.1, 0.15) is 18.1 Å². The number of thioether (sulfide) groups is 2. The Morgan fingerprint density at radius 1 is 1.03 bits per heavy atom. The molecule has 0 aliphatic rings. The first-order valence-electron chi connectivity index (χ1n) is 9.84. The van der Waals surface area contributed by atoms with Crippen molar-refractivity contribution >= 4 is 80.5 Å². The molecule has 0 unspecified atom stereocenters. The van der Waals surface area contributed by atoms with E-state index in [2.05, 4.69) is 57.1 Å². The van der Waals surface area contributed by atoms with Crippen molar-refractivity contribution in [1.29, 1.82) is 0 Å². The van der Waals surface area contributed by atoms with Crippen LogP contribution in [0.4, 0.5) is 0 Å². The third-order valence-corrected chi connectivity index (χ3v) is 8.40. The van der Waals surface area contributed by atoms with Gasteiger partial charge in [0.25, 0.3) is 5.91 Å². The van der Waals surface area contributed by atoms with Crippen LogP contribution in [0.5, 0.6) is 0 Å². The van der Waals surface area contributed by atoms with E-state index in [1.807, 2.05) is 6.07 Å². The Kier molecular flexibility index (Phi) is 8.27. The van der Waals surface area contributed by atoms with Crippen molar-refractivity contribution in [1.82, 2.24) is 15.6 Å². The average Bonchev–Trinajstić information content (AvgIpc) is 3.27. The van der Waals surface area contributed by atoms with E-state index in [1.165, 1.54) is 39.4 Å². The van der Waals surface area contributed by atoms with Gasteiger partial charge in [0, 0.05) is 16.3 Å². The molecule has 0 atom stereocenters. The third-order valence-electron chi connectivity index (χ3n) is 4.61. The summed E-state index contributed by atoms with van der Waals surface area (Å²) in [6, 6.07) is 19.8. The fourth-order valence-electron chi connectivity index (χ4n) is 3.02. The number of nitrogens with zero attached hydrogens (tertiary/aromatic N) is 3. The van der Waals surface area contributed by atoms with Gasteiger partial charge in [-0.05, 0) is 35.4 Å². The summed E-state index contributed by atoms with van der Waals surface area (Å²) in [5, 5.41) is 16.1. The molecule has 10 heteroatoms. The molecule has 1 amide bonds. The molecule has 0 aliphatic carbocycles. The van der Waals surface area contributed by atoms with Gasteiger partial charge in [-0.3, -0.25) is 4.79 Å². The van der Waals surface area contributed by atoms with Gasteiger partial charge in [0.15, 0.2) is 8.68 Å². The molecule has 0 bridgehead atoms. The van der Waals surface area contributed by atoms with Crippen molar-refractivity contribution in [2.45, 2.75) is 21.4 Å². The van der Waals surface area contributed by atoms with Gasteiger partial charge < -0.3 is 0 Å². The SMILES string of the molecule is CC(=NNC(=O)CSc1nnc(SCc2cccc3ccccc23)s1)c1ccc(Cl)cc1Cl. The number of benzene rings is 3. The highest BCUT2D eigenvalue weighted by Crippen LogP contribution is 2.32. The zero-order valence-electron chi connectivity index (χ0n) is 17.4. The van der Waals surface area contributed by atoms with E-state index in [0.717, 1.165) is 14.4 Å². The maximum atomic E-state index is 12.2. The van der Waals surface area contributed by atoms with Crippen LogP contribution in [0.25, 0.3) is 10.8 Å². The summed E-state index contributed by atoms with van der Waals surface area (Å²) in [5.41, 5.74) is 5.12. The summed E-state index contributed by atoms with van der Waals surface area (Å²) >= 11 is 16.6. The Morgan fingerprint density at radius 3 is 2.61 bits per heavy atom. The lowest BCUT2D eigenvalue weighted by atomic mass is 10.1. The van der Waals surface area contributed by atoms with Gasteiger partial charge in [0.2, 0.25) is 0 Å². The summed E-state index contributed by atoms with van der Waals surface area (Å²) in [6.07, 6.45) is 0. The largest absolute Gasteiger partial charge is 0.272 e. The number of carbonyl (C=O) groups is 1. The molecule has 0 spiro atoms. The Balaban J connectivity index is 1.28. The number of nitrogens with one attached hydrogen (secondary N) is 1. The van der Waals surface area contributed by atoms with Crippen molar-refractivity contribution in [2.24, 2.45) is 5.10 Å². The number of amides is 1. The maximum absolute atomic E-state index is 12.2. The second-order valence-corrected chi connectivity index (χ2v) is 11.2. The standard InChI is InChI=1S/C23H18Cl2N4OS3/c1-14(18-10-9-17(24)11-20(18)25)26-27-21(30)13-32-23-29-28-22(33-23)31-12-16-7-4-6-15-5-2-3-8-19(15)16/h2-11H,12-13H2,1H3,(H,27,30). The number of hydrogen-bond donors (Lipinski definition) is 1. The first-order valence-corrected chi connectivity index (χ1v) is 13.4. The van der Waals surface area contributed by atoms with Gasteiger partial charge in [0.05, 0.1) is 16.5 Å². The first-order chi connectivity index (χ1) is 16.0. The van der Waals surface area contributed by atoms with Crippen LogP contribution in [-0.4, -0.2) is 27.6 Å².